The second-order valence-electron chi connectivity index (χ2n) is 5.59. The van der Waals surface area contributed by atoms with Crippen LogP contribution in [-0.2, 0) is 12.8 Å². The number of aliphatic imine (C=N–C) groups is 1. The van der Waals surface area contributed by atoms with Crippen LogP contribution in [0.25, 0.3) is 0 Å². The van der Waals surface area contributed by atoms with Crippen LogP contribution >= 0.6 is 11.3 Å². The molecule has 2 N–H and O–H groups in total. The Morgan fingerprint density at radius 1 is 1.36 bits per heavy atom. The number of benzene rings is 1. The molecule has 0 saturated heterocycles. The van der Waals surface area contributed by atoms with Crippen molar-refractivity contribution in [3.05, 3.63) is 51.5 Å². The Hall–Kier alpha value is -1.88. The van der Waals surface area contributed by atoms with Gasteiger partial charge in [0, 0.05) is 37.9 Å². The number of aromatic nitrogens is 1. The molecule has 0 fully saturated rings. The average Bonchev–Trinajstić information content (AvgIpc) is 2.92. The molecule has 1 unspecified atom stereocenters. The minimum absolute atomic E-state index is 0.607. The number of nitrogens with one attached hydrogen (secondary N) is 2. The second-order valence-corrected chi connectivity index (χ2v) is 6.65. The van der Waals surface area contributed by atoms with Gasteiger partial charge in [-0.25, -0.2) is 4.98 Å². The van der Waals surface area contributed by atoms with Gasteiger partial charge < -0.3 is 10.6 Å². The highest BCUT2D eigenvalue weighted by atomic mass is 32.1. The largest absolute Gasteiger partial charge is 0.356 e. The van der Waals surface area contributed by atoms with Crippen LogP contribution in [0.3, 0.4) is 0 Å². The molecule has 5 heteroatoms. The normalized spacial score (nSPS) is 16.8. The van der Waals surface area contributed by atoms with Crippen molar-refractivity contribution in [3.8, 4) is 0 Å². The summed E-state index contributed by atoms with van der Waals surface area (Å²) >= 11 is 1.70. The van der Waals surface area contributed by atoms with Crippen LogP contribution in [0.2, 0.25) is 0 Å². The summed E-state index contributed by atoms with van der Waals surface area (Å²) in [5.74, 6) is 1.48. The minimum atomic E-state index is 0.607. The van der Waals surface area contributed by atoms with Gasteiger partial charge in [0.15, 0.2) is 5.96 Å². The van der Waals surface area contributed by atoms with Gasteiger partial charge in [0.25, 0.3) is 0 Å². The lowest BCUT2D eigenvalue weighted by atomic mass is 9.78. The topological polar surface area (TPSA) is 49.3 Å². The van der Waals surface area contributed by atoms with Crippen molar-refractivity contribution in [3.63, 3.8) is 0 Å². The molecule has 1 aliphatic rings. The van der Waals surface area contributed by atoms with Crippen molar-refractivity contribution < 1.29 is 0 Å². The summed E-state index contributed by atoms with van der Waals surface area (Å²) in [6, 6.07) is 8.68. The molecule has 1 aromatic carbocycles. The standard InChI is InChI=1S/C17H22N4S/c1-12-21-15(11-22-12)7-8-19-17(18-2)20-10-14-9-13-5-3-4-6-16(13)14/h3-6,11,14H,7-10H2,1-2H3,(H2,18,19,20). The van der Waals surface area contributed by atoms with E-state index in [0.29, 0.717) is 5.92 Å². The number of hydrogen-bond donors (Lipinski definition) is 2. The maximum Gasteiger partial charge on any atom is 0.191 e. The Morgan fingerprint density at radius 3 is 2.95 bits per heavy atom. The first-order chi connectivity index (χ1) is 10.8. The summed E-state index contributed by atoms with van der Waals surface area (Å²) in [6.07, 6.45) is 2.09. The van der Waals surface area contributed by atoms with Crippen molar-refractivity contribution in [2.24, 2.45) is 4.99 Å². The predicted octanol–water partition coefficient (Wildman–Crippen LogP) is 2.50. The van der Waals surface area contributed by atoms with E-state index in [1.807, 2.05) is 14.0 Å². The monoisotopic (exact) mass is 314 g/mol. The number of rotatable bonds is 5. The first-order valence-electron chi connectivity index (χ1n) is 7.69. The molecule has 2 aromatic rings. The Balaban J connectivity index is 1.41. The Labute approximate surface area is 135 Å². The van der Waals surface area contributed by atoms with Gasteiger partial charge in [0.05, 0.1) is 10.7 Å². The zero-order valence-corrected chi connectivity index (χ0v) is 13.9. The first-order valence-corrected chi connectivity index (χ1v) is 8.57. The quantitative estimate of drug-likeness (QED) is 0.658. The number of hydrogen-bond acceptors (Lipinski definition) is 3. The van der Waals surface area contributed by atoms with E-state index in [0.717, 1.165) is 42.6 Å². The van der Waals surface area contributed by atoms with Crippen LogP contribution in [0.15, 0.2) is 34.6 Å². The molecule has 1 heterocycles. The van der Waals surface area contributed by atoms with Crippen LogP contribution in [0.1, 0.15) is 27.7 Å². The van der Waals surface area contributed by atoms with E-state index >= 15 is 0 Å². The zero-order chi connectivity index (χ0) is 15.4. The Morgan fingerprint density at radius 2 is 2.23 bits per heavy atom. The van der Waals surface area contributed by atoms with E-state index in [-0.39, 0.29) is 0 Å². The van der Waals surface area contributed by atoms with Crippen LogP contribution in [0.5, 0.6) is 0 Å². The lowest BCUT2D eigenvalue weighted by Crippen LogP contribution is -2.41. The first kappa shape index (κ1) is 15.0. The number of guanidine groups is 1. The highest BCUT2D eigenvalue weighted by Gasteiger charge is 2.25. The van der Waals surface area contributed by atoms with E-state index in [4.69, 9.17) is 0 Å². The van der Waals surface area contributed by atoms with Gasteiger partial charge in [-0.05, 0) is 24.5 Å². The van der Waals surface area contributed by atoms with Crippen LogP contribution in [0.4, 0.5) is 0 Å². The van der Waals surface area contributed by atoms with Gasteiger partial charge in [0.2, 0.25) is 0 Å². The molecule has 1 aliphatic carbocycles. The van der Waals surface area contributed by atoms with Crippen molar-refractivity contribution in [2.75, 3.05) is 20.1 Å². The number of nitrogens with zero attached hydrogens (tertiary/aromatic N) is 2. The van der Waals surface area contributed by atoms with E-state index in [1.165, 1.54) is 11.1 Å². The molecule has 1 atom stereocenters. The smallest absolute Gasteiger partial charge is 0.191 e. The summed E-state index contributed by atoms with van der Waals surface area (Å²) in [4.78, 5) is 8.76. The van der Waals surface area contributed by atoms with E-state index < -0.39 is 0 Å². The Kier molecular flexibility index (Phi) is 4.73. The van der Waals surface area contributed by atoms with Crippen LogP contribution < -0.4 is 10.6 Å². The number of fused-ring (bicyclic) bond motifs is 1. The molecular weight excluding hydrogens is 292 g/mol. The van der Waals surface area contributed by atoms with E-state index in [1.54, 1.807) is 11.3 Å². The molecule has 0 amide bonds. The summed E-state index contributed by atoms with van der Waals surface area (Å²) in [5, 5.41) is 10.0. The highest BCUT2D eigenvalue weighted by molar-refractivity contribution is 7.09. The maximum atomic E-state index is 4.47. The van der Waals surface area contributed by atoms with Crippen LogP contribution in [-0.4, -0.2) is 31.1 Å². The average molecular weight is 314 g/mol. The van der Waals surface area contributed by atoms with Crippen LogP contribution in [0, 0.1) is 6.92 Å². The SMILES string of the molecule is CN=C(NCCc1csc(C)n1)NCC1Cc2ccccc21. The lowest BCUT2D eigenvalue weighted by molar-refractivity contribution is 0.584. The molecule has 0 spiro atoms. The van der Waals surface area contributed by atoms with Crippen molar-refractivity contribution in [1.82, 2.24) is 15.6 Å². The number of thiazole rings is 1. The molecule has 116 valence electrons. The van der Waals surface area contributed by atoms with E-state index in [2.05, 4.69) is 50.3 Å². The predicted molar refractivity (Wildman–Crippen MR) is 92.8 cm³/mol. The Bertz CT molecular complexity index is 662. The van der Waals surface area contributed by atoms with Gasteiger partial charge >= 0.3 is 0 Å². The summed E-state index contributed by atoms with van der Waals surface area (Å²) in [6.45, 7) is 3.83. The second kappa shape index (κ2) is 6.92. The maximum absolute atomic E-state index is 4.47. The molecular formula is C17H22N4S. The highest BCUT2D eigenvalue weighted by Crippen LogP contribution is 2.33. The number of aryl methyl sites for hydroxylation is 1. The molecule has 0 aliphatic heterocycles. The molecule has 22 heavy (non-hydrogen) atoms. The van der Waals surface area contributed by atoms with Gasteiger partial charge in [-0.3, -0.25) is 4.99 Å². The molecule has 4 nitrogen and oxygen atoms in total. The summed E-state index contributed by atoms with van der Waals surface area (Å²) in [7, 11) is 1.82. The molecule has 3 rings (SSSR count). The fraction of sp³-hybridized carbons (Fsp3) is 0.412. The van der Waals surface area contributed by atoms with Crippen molar-refractivity contribution in [1.29, 1.82) is 0 Å². The van der Waals surface area contributed by atoms with Crippen molar-refractivity contribution in [2.45, 2.75) is 25.7 Å². The van der Waals surface area contributed by atoms with Crippen molar-refractivity contribution >= 4 is 17.3 Å². The molecule has 0 saturated carbocycles. The third-order valence-electron chi connectivity index (χ3n) is 4.04. The zero-order valence-electron chi connectivity index (χ0n) is 13.1. The van der Waals surface area contributed by atoms with E-state index in [9.17, 15) is 0 Å². The fourth-order valence-electron chi connectivity index (χ4n) is 2.82. The van der Waals surface area contributed by atoms with Gasteiger partial charge in [-0.15, -0.1) is 11.3 Å². The molecule has 0 bridgehead atoms. The third-order valence-corrected chi connectivity index (χ3v) is 4.86. The van der Waals surface area contributed by atoms with Gasteiger partial charge in [0.1, 0.15) is 0 Å². The van der Waals surface area contributed by atoms with Gasteiger partial charge in [-0.2, -0.15) is 0 Å². The molecule has 1 aromatic heterocycles. The summed E-state index contributed by atoms with van der Waals surface area (Å²) < 4.78 is 0. The minimum Gasteiger partial charge on any atom is -0.356 e. The summed E-state index contributed by atoms with van der Waals surface area (Å²) in [5.41, 5.74) is 4.11. The molecule has 0 radical (unpaired) electrons. The third kappa shape index (κ3) is 3.47. The lowest BCUT2D eigenvalue weighted by Gasteiger charge is -2.30. The van der Waals surface area contributed by atoms with Gasteiger partial charge in [-0.1, -0.05) is 24.3 Å². The fourth-order valence-corrected chi connectivity index (χ4v) is 3.46.